The fraction of sp³-hybridized carbons (Fsp3) is 0.833. The highest BCUT2D eigenvalue weighted by molar-refractivity contribution is 5.92. The zero-order chi connectivity index (χ0) is 20.3. The highest BCUT2D eigenvalue weighted by atomic mass is 16.6. The van der Waals surface area contributed by atoms with Crippen molar-refractivity contribution in [2.45, 2.75) is 128 Å². The maximum atomic E-state index is 12.4. The van der Waals surface area contributed by atoms with Gasteiger partial charge in [-0.15, -0.1) is 0 Å². The van der Waals surface area contributed by atoms with Crippen LogP contribution in [0.1, 0.15) is 117 Å². The summed E-state index contributed by atoms with van der Waals surface area (Å²) in [6, 6.07) is 0. The van der Waals surface area contributed by atoms with Crippen molar-refractivity contribution in [3.8, 4) is 0 Å². The maximum absolute atomic E-state index is 12.4. The van der Waals surface area contributed by atoms with E-state index in [-0.39, 0.29) is 11.2 Å². The van der Waals surface area contributed by atoms with Gasteiger partial charge in [0.15, 0.2) is 0 Å². The normalized spacial score (nSPS) is 21.4. The highest BCUT2D eigenvalue weighted by Gasteiger charge is 2.36. The van der Waals surface area contributed by atoms with Crippen LogP contribution in [-0.2, 0) is 19.1 Å². The topological polar surface area (TPSA) is 52.6 Å². The van der Waals surface area contributed by atoms with E-state index in [9.17, 15) is 9.59 Å². The molecule has 0 atom stereocenters. The molecule has 160 valence electrons. The summed E-state index contributed by atoms with van der Waals surface area (Å²) >= 11 is 0. The number of carbonyl (C=O) groups is 2. The Morgan fingerprint density at radius 3 is 1.36 bits per heavy atom. The third-order valence-electron chi connectivity index (χ3n) is 6.49. The minimum Gasteiger partial charge on any atom is -0.456 e. The molecular formula is C24H40O4. The van der Waals surface area contributed by atoms with Crippen LogP contribution in [0, 0.1) is 0 Å². The average Bonchev–Trinajstić information content (AvgIpc) is 2.71. The molecule has 2 saturated carbocycles. The number of ether oxygens (including phenoxy) is 2. The number of rotatable bonds is 10. The first kappa shape index (κ1) is 23.0. The number of hydrogen-bond acceptors (Lipinski definition) is 4. The third-order valence-corrected chi connectivity index (χ3v) is 6.49. The highest BCUT2D eigenvalue weighted by Crippen LogP contribution is 2.37. The molecule has 0 aromatic rings. The van der Waals surface area contributed by atoms with Crippen LogP contribution >= 0.6 is 0 Å². The van der Waals surface area contributed by atoms with Crippen LogP contribution in [0.2, 0.25) is 0 Å². The molecule has 4 heteroatoms. The standard InChI is InChI=1S/C24H40O4/c1-3-5-15-23(17-9-7-10-18-23)27-21(25)13-14-22(26)28-24(16-6-4-2)19-11-8-12-20-24/h13-14H,3-12,15-20H2,1-2H3/b14-13+. The van der Waals surface area contributed by atoms with Gasteiger partial charge < -0.3 is 9.47 Å². The van der Waals surface area contributed by atoms with E-state index in [1.54, 1.807) is 0 Å². The molecule has 0 heterocycles. The number of esters is 2. The van der Waals surface area contributed by atoms with Gasteiger partial charge in [-0.05, 0) is 77.0 Å². The molecular weight excluding hydrogens is 352 g/mol. The van der Waals surface area contributed by atoms with Crippen LogP contribution in [0.3, 0.4) is 0 Å². The Kier molecular flexibility index (Phi) is 9.53. The van der Waals surface area contributed by atoms with Gasteiger partial charge in [-0.25, -0.2) is 9.59 Å². The fourth-order valence-electron chi connectivity index (χ4n) is 4.83. The Bertz CT molecular complexity index is 465. The summed E-state index contributed by atoms with van der Waals surface area (Å²) in [5, 5.41) is 0. The SMILES string of the molecule is CCCCC1(OC(=O)/C=C/C(=O)OC2(CCCC)CCCCC2)CCCCC1. The van der Waals surface area contributed by atoms with Gasteiger partial charge in [0.25, 0.3) is 0 Å². The number of unbranched alkanes of at least 4 members (excludes halogenated alkanes) is 2. The van der Waals surface area contributed by atoms with E-state index in [0.29, 0.717) is 0 Å². The van der Waals surface area contributed by atoms with E-state index in [1.165, 1.54) is 25.0 Å². The van der Waals surface area contributed by atoms with Crippen LogP contribution in [0.15, 0.2) is 12.2 Å². The molecule has 4 nitrogen and oxygen atoms in total. The summed E-state index contributed by atoms with van der Waals surface area (Å²) in [6.07, 6.45) is 19.4. The first-order valence-corrected chi connectivity index (χ1v) is 11.7. The second kappa shape index (κ2) is 11.6. The van der Waals surface area contributed by atoms with Crippen molar-refractivity contribution in [1.82, 2.24) is 0 Å². The molecule has 0 spiro atoms. The largest absolute Gasteiger partial charge is 0.456 e. The van der Waals surface area contributed by atoms with Crippen LogP contribution in [-0.4, -0.2) is 23.1 Å². The molecule has 28 heavy (non-hydrogen) atoms. The summed E-state index contributed by atoms with van der Waals surface area (Å²) < 4.78 is 11.8. The van der Waals surface area contributed by atoms with E-state index in [4.69, 9.17) is 9.47 Å². The predicted molar refractivity (Wildman–Crippen MR) is 112 cm³/mol. The summed E-state index contributed by atoms with van der Waals surface area (Å²) in [5.74, 6) is -0.803. The predicted octanol–water partition coefficient (Wildman–Crippen LogP) is 6.42. The minimum atomic E-state index is -0.402. The molecule has 0 radical (unpaired) electrons. The fourth-order valence-corrected chi connectivity index (χ4v) is 4.83. The van der Waals surface area contributed by atoms with E-state index in [2.05, 4.69) is 13.8 Å². The Morgan fingerprint density at radius 2 is 1.04 bits per heavy atom. The van der Waals surface area contributed by atoms with E-state index in [1.807, 2.05) is 0 Å². The maximum Gasteiger partial charge on any atom is 0.331 e. The lowest BCUT2D eigenvalue weighted by Crippen LogP contribution is -2.37. The summed E-state index contributed by atoms with van der Waals surface area (Å²) in [6.45, 7) is 4.32. The molecule has 2 aliphatic rings. The number of hydrogen-bond donors (Lipinski definition) is 0. The van der Waals surface area contributed by atoms with E-state index in [0.717, 1.165) is 89.9 Å². The first-order valence-electron chi connectivity index (χ1n) is 11.7. The second-order valence-electron chi connectivity index (χ2n) is 8.87. The second-order valence-corrected chi connectivity index (χ2v) is 8.87. The summed E-state index contributed by atoms with van der Waals surface area (Å²) in [7, 11) is 0. The molecule has 0 aliphatic heterocycles. The molecule has 2 fully saturated rings. The first-order chi connectivity index (χ1) is 13.5. The molecule has 0 aromatic carbocycles. The quantitative estimate of drug-likeness (QED) is 0.318. The zero-order valence-electron chi connectivity index (χ0n) is 18.1. The molecule has 0 bridgehead atoms. The van der Waals surface area contributed by atoms with Gasteiger partial charge in [0.05, 0.1) is 0 Å². The molecule has 0 amide bonds. The summed E-state index contributed by atoms with van der Waals surface area (Å²) in [5.41, 5.74) is -0.656. The molecule has 0 unspecified atom stereocenters. The van der Waals surface area contributed by atoms with Crippen LogP contribution in [0.25, 0.3) is 0 Å². The smallest absolute Gasteiger partial charge is 0.331 e. The van der Waals surface area contributed by atoms with Crippen molar-refractivity contribution in [2.24, 2.45) is 0 Å². The molecule has 2 aliphatic carbocycles. The van der Waals surface area contributed by atoms with Crippen molar-refractivity contribution in [2.75, 3.05) is 0 Å². The van der Waals surface area contributed by atoms with Gasteiger partial charge in [-0.2, -0.15) is 0 Å². The molecule has 0 saturated heterocycles. The van der Waals surface area contributed by atoms with Crippen molar-refractivity contribution >= 4 is 11.9 Å². The zero-order valence-corrected chi connectivity index (χ0v) is 18.1. The van der Waals surface area contributed by atoms with Gasteiger partial charge >= 0.3 is 11.9 Å². The average molecular weight is 393 g/mol. The van der Waals surface area contributed by atoms with Gasteiger partial charge in [-0.3, -0.25) is 0 Å². The summed E-state index contributed by atoms with van der Waals surface area (Å²) in [4.78, 5) is 24.8. The van der Waals surface area contributed by atoms with Gasteiger partial charge in [0.2, 0.25) is 0 Å². The number of carbonyl (C=O) groups excluding carboxylic acids is 2. The lowest BCUT2D eigenvalue weighted by atomic mass is 9.81. The minimum absolute atomic E-state index is 0.328. The van der Waals surface area contributed by atoms with E-state index < -0.39 is 11.9 Å². The lowest BCUT2D eigenvalue weighted by Gasteiger charge is -2.37. The Hall–Kier alpha value is -1.32. The molecule has 0 N–H and O–H groups in total. The van der Waals surface area contributed by atoms with Crippen molar-refractivity contribution < 1.29 is 19.1 Å². The molecule has 0 aromatic heterocycles. The third kappa shape index (κ3) is 7.25. The Balaban J connectivity index is 1.91. The van der Waals surface area contributed by atoms with Gasteiger partial charge in [0.1, 0.15) is 11.2 Å². The van der Waals surface area contributed by atoms with Crippen LogP contribution < -0.4 is 0 Å². The molecule has 2 rings (SSSR count). The Labute approximate surface area is 171 Å². The van der Waals surface area contributed by atoms with Crippen molar-refractivity contribution in [1.29, 1.82) is 0 Å². The van der Waals surface area contributed by atoms with E-state index >= 15 is 0 Å². The van der Waals surface area contributed by atoms with Gasteiger partial charge in [0, 0.05) is 12.2 Å². The van der Waals surface area contributed by atoms with Crippen LogP contribution in [0.5, 0.6) is 0 Å². The van der Waals surface area contributed by atoms with Gasteiger partial charge in [-0.1, -0.05) is 39.5 Å². The lowest BCUT2D eigenvalue weighted by molar-refractivity contribution is -0.161. The monoisotopic (exact) mass is 392 g/mol. The Morgan fingerprint density at radius 1 is 0.679 bits per heavy atom. The van der Waals surface area contributed by atoms with Crippen molar-refractivity contribution in [3.63, 3.8) is 0 Å². The van der Waals surface area contributed by atoms with Crippen LogP contribution in [0.4, 0.5) is 0 Å². The van der Waals surface area contributed by atoms with Crippen molar-refractivity contribution in [3.05, 3.63) is 12.2 Å².